The second-order valence-corrected chi connectivity index (χ2v) is 9.34. The normalized spacial score (nSPS) is 17.8. The van der Waals surface area contributed by atoms with E-state index in [4.69, 9.17) is 0 Å². The molecule has 3 amide bonds. The zero-order valence-electron chi connectivity index (χ0n) is 19.6. The molecule has 1 unspecified atom stereocenters. The van der Waals surface area contributed by atoms with Crippen molar-refractivity contribution in [2.24, 2.45) is 0 Å². The molecular weight excluding hydrogens is 466 g/mol. The van der Waals surface area contributed by atoms with Crippen LogP contribution in [0.5, 0.6) is 0 Å². The number of carbonyl (C=O) groups excluding carboxylic acids is 3. The highest BCUT2D eigenvalue weighted by molar-refractivity contribution is 7.81. The molecule has 0 aromatic heterocycles. The van der Waals surface area contributed by atoms with Gasteiger partial charge in [0.05, 0.1) is 5.25 Å². The van der Waals surface area contributed by atoms with E-state index in [0.29, 0.717) is 25.8 Å². The van der Waals surface area contributed by atoms with Gasteiger partial charge in [0.25, 0.3) is 0 Å². The molecule has 3 rings (SSSR count). The van der Waals surface area contributed by atoms with Gasteiger partial charge in [-0.25, -0.2) is 4.79 Å². The average Bonchev–Trinajstić information content (AvgIpc) is 3.34. The van der Waals surface area contributed by atoms with Crippen LogP contribution in [0.25, 0.3) is 0 Å². The molecule has 0 saturated carbocycles. The number of aliphatic carboxylic acids is 1. The first kappa shape index (κ1) is 26.3. The highest BCUT2D eigenvalue weighted by atomic mass is 32.1. The van der Waals surface area contributed by atoms with Crippen molar-refractivity contribution in [1.82, 2.24) is 15.5 Å². The van der Waals surface area contributed by atoms with E-state index < -0.39 is 35.3 Å². The molecule has 2 aromatic rings. The van der Waals surface area contributed by atoms with Crippen molar-refractivity contribution in [2.75, 3.05) is 6.54 Å². The van der Waals surface area contributed by atoms with Crippen molar-refractivity contribution in [3.8, 4) is 0 Å². The molecule has 1 heterocycles. The van der Waals surface area contributed by atoms with Crippen LogP contribution >= 0.6 is 12.6 Å². The Hall–Kier alpha value is -3.33. The van der Waals surface area contributed by atoms with Gasteiger partial charge in [0.1, 0.15) is 18.1 Å². The highest BCUT2D eigenvalue weighted by Crippen LogP contribution is 2.19. The number of nitrogens with zero attached hydrogens (tertiary/aromatic N) is 1. The first-order valence-corrected chi connectivity index (χ1v) is 12.2. The van der Waals surface area contributed by atoms with Gasteiger partial charge in [-0.1, -0.05) is 60.7 Å². The minimum Gasteiger partial charge on any atom is -0.480 e. The maximum absolute atomic E-state index is 13.1. The fourth-order valence-electron chi connectivity index (χ4n) is 4.17. The van der Waals surface area contributed by atoms with Crippen LogP contribution in [0.15, 0.2) is 60.7 Å². The first-order chi connectivity index (χ1) is 16.8. The molecule has 2 aromatic carbocycles. The largest absolute Gasteiger partial charge is 0.480 e. The predicted octanol–water partition coefficient (Wildman–Crippen LogP) is 1.84. The molecule has 0 radical (unpaired) electrons. The molecule has 35 heavy (non-hydrogen) atoms. The van der Waals surface area contributed by atoms with E-state index in [9.17, 15) is 24.3 Å². The lowest BCUT2D eigenvalue weighted by Gasteiger charge is -2.28. The third kappa shape index (κ3) is 7.32. The number of nitrogens with one attached hydrogen (secondary N) is 2. The number of carboxylic acid groups (broad SMARTS) is 1. The maximum Gasteiger partial charge on any atom is 0.326 e. The number of hydrogen-bond acceptors (Lipinski definition) is 5. The number of carboxylic acids is 1. The zero-order valence-corrected chi connectivity index (χ0v) is 20.5. The molecule has 0 spiro atoms. The van der Waals surface area contributed by atoms with E-state index in [1.165, 1.54) is 4.90 Å². The zero-order chi connectivity index (χ0) is 25.4. The van der Waals surface area contributed by atoms with Crippen LogP contribution < -0.4 is 10.6 Å². The number of likely N-dealkylation sites (tertiary alicyclic amines) is 1. The van der Waals surface area contributed by atoms with Gasteiger partial charge >= 0.3 is 5.97 Å². The molecule has 4 atom stereocenters. The fourth-order valence-corrected chi connectivity index (χ4v) is 4.46. The maximum atomic E-state index is 13.1. The summed E-state index contributed by atoms with van der Waals surface area (Å²) in [5.41, 5.74) is 1.74. The Morgan fingerprint density at radius 3 is 2.11 bits per heavy atom. The second kappa shape index (κ2) is 12.4. The number of amides is 3. The SMILES string of the molecule is C[C@H](NC(=O)C(S)Cc1ccccc1)C(=O)N1CCC[C@H]1C(=O)N[C@@H](Cc1ccccc1)C(=O)O. The summed E-state index contributed by atoms with van der Waals surface area (Å²) in [5.74, 6) is -2.40. The number of benzene rings is 2. The molecular formula is C26H31N3O5S. The van der Waals surface area contributed by atoms with Crippen molar-refractivity contribution < 1.29 is 24.3 Å². The number of hydrogen-bond donors (Lipinski definition) is 4. The van der Waals surface area contributed by atoms with Gasteiger partial charge in [0.2, 0.25) is 17.7 Å². The Bertz CT molecular complexity index is 1030. The summed E-state index contributed by atoms with van der Waals surface area (Å²) in [4.78, 5) is 51.8. The molecule has 1 aliphatic heterocycles. The van der Waals surface area contributed by atoms with Crippen LogP contribution in [0.4, 0.5) is 0 Å². The summed E-state index contributed by atoms with van der Waals surface area (Å²) < 4.78 is 0. The lowest BCUT2D eigenvalue weighted by molar-refractivity contribution is -0.144. The Morgan fingerprint density at radius 1 is 0.971 bits per heavy atom. The van der Waals surface area contributed by atoms with Gasteiger partial charge in [-0.05, 0) is 37.3 Å². The van der Waals surface area contributed by atoms with E-state index in [1.807, 2.05) is 36.4 Å². The Balaban J connectivity index is 1.58. The van der Waals surface area contributed by atoms with E-state index in [2.05, 4.69) is 23.3 Å². The molecule has 1 fully saturated rings. The standard InChI is InChI=1S/C26H31N3O5S/c1-17(27-24(31)22(35)16-19-11-6-3-7-12-19)25(32)29-14-8-13-21(29)23(30)28-20(26(33)34)15-18-9-4-2-5-10-18/h2-7,9-12,17,20-22,35H,8,13-16H2,1H3,(H,27,31)(H,28,30)(H,33,34)/t17-,20-,21-,22?/m0/s1. The number of carbonyl (C=O) groups is 4. The Kier molecular flexibility index (Phi) is 9.31. The molecule has 0 aliphatic carbocycles. The third-order valence-corrected chi connectivity index (χ3v) is 6.46. The molecule has 3 N–H and O–H groups in total. The smallest absolute Gasteiger partial charge is 0.326 e. The summed E-state index contributed by atoms with van der Waals surface area (Å²) in [7, 11) is 0. The second-order valence-electron chi connectivity index (χ2n) is 8.71. The quantitative estimate of drug-likeness (QED) is 0.374. The van der Waals surface area contributed by atoms with Crippen LogP contribution in [0.2, 0.25) is 0 Å². The lowest BCUT2D eigenvalue weighted by atomic mass is 10.1. The van der Waals surface area contributed by atoms with Gasteiger partial charge in [-0.15, -0.1) is 0 Å². The van der Waals surface area contributed by atoms with Gasteiger partial charge in [0.15, 0.2) is 0 Å². The molecule has 1 saturated heterocycles. The lowest BCUT2D eigenvalue weighted by Crippen LogP contribution is -2.55. The van der Waals surface area contributed by atoms with Crippen LogP contribution in [0.3, 0.4) is 0 Å². The van der Waals surface area contributed by atoms with Crippen molar-refractivity contribution in [3.05, 3.63) is 71.8 Å². The minimum absolute atomic E-state index is 0.139. The van der Waals surface area contributed by atoms with Gasteiger partial charge in [-0.3, -0.25) is 14.4 Å². The monoisotopic (exact) mass is 497 g/mol. The molecule has 9 heteroatoms. The van der Waals surface area contributed by atoms with Crippen LogP contribution in [-0.2, 0) is 32.0 Å². The van der Waals surface area contributed by atoms with Gasteiger partial charge < -0.3 is 20.6 Å². The molecule has 8 nitrogen and oxygen atoms in total. The van der Waals surface area contributed by atoms with Crippen LogP contribution in [0, 0.1) is 0 Å². The van der Waals surface area contributed by atoms with Crippen molar-refractivity contribution in [1.29, 1.82) is 0 Å². The average molecular weight is 498 g/mol. The number of rotatable bonds is 10. The highest BCUT2D eigenvalue weighted by Gasteiger charge is 2.38. The van der Waals surface area contributed by atoms with E-state index in [1.54, 1.807) is 31.2 Å². The summed E-state index contributed by atoms with van der Waals surface area (Å²) in [6.07, 6.45) is 1.60. The van der Waals surface area contributed by atoms with Crippen LogP contribution in [0.1, 0.15) is 30.9 Å². The minimum atomic E-state index is -1.14. The fraction of sp³-hybridized carbons (Fsp3) is 0.385. The van der Waals surface area contributed by atoms with E-state index in [0.717, 1.165) is 11.1 Å². The van der Waals surface area contributed by atoms with Gasteiger partial charge in [-0.2, -0.15) is 12.6 Å². The summed E-state index contributed by atoms with van der Waals surface area (Å²) in [6, 6.07) is 15.8. The predicted molar refractivity (Wildman–Crippen MR) is 135 cm³/mol. The molecule has 1 aliphatic rings. The summed E-state index contributed by atoms with van der Waals surface area (Å²) >= 11 is 4.38. The van der Waals surface area contributed by atoms with Crippen LogP contribution in [-0.4, -0.2) is 63.6 Å². The summed E-state index contributed by atoms with van der Waals surface area (Å²) in [6.45, 7) is 1.94. The van der Waals surface area contributed by atoms with E-state index >= 15 is 0 Å². The summed E-state index contributed by atoms with van der Waals surface area (Å²) in [5, 5.41) is 14.3. The third-order valence-electron chi connectivity index (χ3n) is 6.04. The number of thiol groups is 1. The van der Waals surface area contributed by atoms with Crippen molar-refractivity contribution in [3.63, 3.8) is 0 Å². The topological polar surface area (TPSA) is 116 Å². The van der Waals surface area contributed by atoms with Crippen molar-refractivity contribution >= 4 is 36.3 Å². The van der Waals surface area contributed by atoms with Crippen molar-refractivity contribution in [2.45, 2.75) is 56.0 Å². The molecule has 0 bridgehead atoms. The van der Waals surface area contributed by atoms with Gasteiger partial charge in [0, 0.05) is 13.0 Å². The molecule has 186 valence electrons. The first-order valence-electron chi connectivity index (χ1n) is 11.7. The van der Waals surface area contributed by atoms with E-state index in [-0.39, 0.29) is 18.2 Å². The Labute approximate surface area is 210 Å². The Morgan fingerprint density at radius 2 is 1.54 bits per heavy atom.